The van der Waals surface area contributed by atoms with Crippen LogP contribution in [0.25, 0.3) is 0 Å². The van der Waals surface area contributed by atoms with E-state index >= 15 is 0 Å². The molecule has 0 N–H and O–H groups in total. The van der Waals surface area contributed by atoms with Crippen molar-refractivity contribution in [2.75, 3.05) is 26.8 Å². The molecule has 0 spiro atoms. The fourth-order valence-electron chi connectivity index (χ4n) is 3.00. The Balaban J connectivity index is 1.57. The first-order valence-electron chi connectivity index (χ1n) is 8.44. The molecule has 0 saturated carbocycles. The quantitative estimate of drug-likeness (QED) is 0.835. The number of rotatable bonds is 5. The molecule has 1 heterocycles. The molecule has 0 aromatic heterocycles. The maximum atomic E-state index is 13.9. The third-order valence-electron chi connectivity index (χ3n) is 4.46. The van der Waals surface area contributed by atoms with Crippen molar-refractivity contribution in [2.45, 2.75) is 18.9 Å². The third kappa shape index (κ3) is 4.37. The summed E-state index contributed by atoms with van der Waals surface area (Å²) in [7, 11) is 1.63. The lowest BCUT2D eigenvalue weighted by Gasteiger charge is -2.33. The third-order valence-corrected chi connectivity index (χ3v) is 4.46. The van der Waals surface area contributed by atoms with E-state index in [0.717, 1.165) is 11.3 Å². The van der Waals surface area contributed by atoms with Crippen LogP contribution >= 0.6 is 0 Å². The number of carbonyl (C=O) groups excluding carboxylic acids is 1. The molecule has 1 fully saturated rings. The van der Waals surface area contributed by atoms with Crippen LogP contribution in [-0.4, -0.2) is 37.6 Å². The first-order chi connectivity index (χ1) is 12.2. The first kappa shape index (κ1) is 17.4. The van der Waals surface area contributed by atoms with Gasteiger partial charge < -0.3 is 14.4 Å². The molecular weight excluding hydrogens is 321 g/mol. The van der Waals surface area contributed by atoms with Gasteiger partial charge in [0.15, 0.2) is 0 Å². The van der Waals surface area contributed by atoms with E-state index in [1.807, 2.05) is 24.3 Å². The van der Waals surface area contributed by atoms with Crippen LogP contribution in [0, 0.1) is 5.82 Å². The van der Waals surface area contributed by atoms with Crippen LogP contribution in [0.1, 0.15) is 23.7 Å². The van der Waals surface area contributed by atoms with Crippen molar-refractivity contribution in [3.63, 3.8) is 0 Å². The number of morpholine rings is 1. The van der Waals surface area contributed by atoms with Crippen molar-refractivity contribution < 1.29 is 18.7 Å². The van der Waals surface area contributed by atoms with Gasteiger partial charge in [0.1, 0.15) is 17.7 Å². The van der Waals surface area contributed by atoms with Crippen LogP contribution in [0.2, 0.25) is 0 Å². The van der Waals surface area contributed by atoms with Crippen LogP contribution in [0.5, 0.6) is 5.75 Å². The SMILES string of the molecule is COc1ccc(CCC(=O)N2CCO[C@@H](c3ccccc3F)C2)cc1. The zero-order chi connectivity index (χ0) is 17.6. The second-order valence-electron chi connectivity index (χ2n) is 6.07. The van der Waals surface area contributed by atoms with Crippen molar-refractivity contribution >= 4 is 5.91 Å². The Hall–Kier alpha value is -2.40. The molecule has 1 aliphatic rings. The van der Waals surface area contributed by atoms with Crippen LogP contribution < -0.4 is 4.74 Å². The molecule has 3 rings (SSSR count). The molecule has 0 aliphatic carbocycles. The minimum absolute atomic E-state index is 0.0699. The van der Waals surface area contributed by atoms with E-state index in [-0.39, 0.29) is 11.7 Å². The average molecular weight is 343 g/mol. The molecule has 1 saturated heterocycles. The molecule has 132 valence electrons. The van der Waals surface area contributed by atoms with Crippen LogP contribution in [-0.2, 0) is 16.0 Å². The van der Waals surface area contributed by atoms with E-state index in [9.17, 15) is 9.18 Å². The van der Waals surface area contributed by atoms with Gasteiger partial charge in [-0.15, -0.1) is 0 Å². The zero-order valence-corrected chi connectivity index (χ0v) is 14.3. The molecule has 0 unspecified atom stereocenters. The van der Waals surface area contributed by atoms with Crippen molar-refractivity contribution in [1.82, 2.24) is 4.90 Å². The van der Waals surface area contributed by atoms with Gasteiger partial charge in [-0.3, -0.25) is 4.79 Å². The van der Waals surface area contributed by atoms with Gasteiger partial charge >= 0.3 is 0 Å². The Kier molecular flexibility index (Phi) is 5.66. The lowest BCUT2D eigenvalue weighted by atomic mass is 10.1. The number of halogens is 1. The van der Waals surface area contributed by atoms with Gasteiger partial charge in [0.2, 0.25) is 5.91 Å². The van der Waals surface area contributed by atoms with Gasteiger partial charge in [-0.2, -0.15) is 0 Å². The van der Waals surface area contributed by atoms with Crippen LogP contribution in [0.3, 0.4) is 0 Å². The Morgan fingerprint density at radius 2 is 2.00 bits per heavy atom. The molecular formula is C20H22FNO3. The highest BCUT2D eigenvalue weighted by atomic mass is 19.1. The van der Waals surface area contributed by atoms with Crippen molar-refractivity contribution in [1.29, 1.82) is 0 Å². The van der Waals surface area contributed by atoms with E-state index in [2.05, 4.69) is 0 Å². The fraction of sp³-hybridized carbons (Fsp3) is 0.350. The summed E-state index contributed by atoms with van der Waals surface area (Å²) in [6.45, 7) is 1.36. The number of hydrogen-bond donors (Lipinski definition) is 0. The van der Waals surface area contributed by atoms with Crippen LogP contribution in [0.15, 0.2) is 48.5 Å². The number of nitrogens with zero attached hydrogens (tertiary/aromatic N) is 1. The summed E-state index contributed by atoms with van der Waals surface area (Å²) in [5, 5.41) is 0. The van der Waals surface area contributed by atoms with E-state index in [1.165, 1.54) is 6.07 Å². The number of hydrogen-bond acceptors (Lipinski definition) is 3. The molecule has 2 aromatic carbocycles. The molecule has 4 nitrogen and oxygen atoms in total. The van der Waals surface area contributed by atoms with Gasteiger partial charge in [-0.25, -0.2) is 4.39 Å². The van der Waals surface area contributed by atoms with Crippen molar-refractivity contribution in [3.8, 4) is 5.75 Å². The standard InChI is InChI=1S/C20H22FNO3/c1-24-16-9-6-15(7-10-16)8-11-20(23)22-12-13-25-19(14-22)17-4-2-3-5-18(17)21/h2-7,9-10,19H,8,11-14H2,1H3/t19-/m1/s1. The molecule has 1 aliphatic heterocycles. The van der Waals surface area contributed by atoms with Gasteiger partial charge in [-0.1, -0.05) is 30.3 Å². The number of aryl methyl sites for hydroxylation is 1. The summed E-state index contributed by atoms with van der Waals surface area (Å²) >= 11 is 0. The molecule has 1 atom stereocenters. The average Bonchev–Trinajstić information content (AvgIpc) is 2.67. The molecule has 2 aromatic rings. The predicted molar refractivity (Wildman–Crippen MR) is 93.0 cm³/mol. The second kappa shape index (κ2) is 8.12. The van der Waals surface area contributed by atoms with Crippen LogP contribution in [0.4, 0.5) is 4.39 Å². The maximum absolute atomic E-state index is 13.9. The van der Waals surface area contributed by atoms with Crippen molar-refractivity contribution in [2.24, 2.45) is 0 Å². The summed E-state index contributed by atoms with van der Waals surface area (Å²) < 4.78 is 24.7. The topological polar surface area (TPSA) is 38.8 Å². The number of amides is 1. The van der Waals surface area contributed by atoms with Gasteiger partial charge in [0.25, 0.3) is 0 Å². The van der Waals surface area contributed by atoms with E-state index in [0.29, 0.717) is 38.1 Å². The monoisotopic (exact) mass is 343 g/mol. The Morgan fingerprint density at radius 1 is 1.24 bits per heavy atom. The summed E-state index contributed by atoms with van der Waals surface area (Å²) in [4.78, 5) is 14.3. The molecule has 0 radical (unpaired) electrons. The number of ether oxygens (including phenoxy) is 2. The maximum Gasteiger partial charge on any atom is 0.223 e. The second-order valence-corrected chi connectivity index (χ2v) is 6.07. The number of benzene rings is 2. The smallest absolute Gasteiger partial charge is 0.223 e. The zero-order valence-electron chi connectivity index (χ0n) is 14.3. The van der Waals surface area contributed by atoms with Gasteiger partial charge in [-0.05, 0) is 30.2 Å². The lowest BCUT2D eigenvalue weighted by molar-refractivity contribution is -0.139. The predicted octanol–water partition coefficient (Wildman–Crippen LogP) is 3.37. The number of methoxy groups -OCH3 is 1. The Bertz CT molecular complexity index is 717. The van der Waals surface area contributed by atoms with E-state index < -0.39 is 6.10 Å². The minimum Gasteiger partial charge on any atom is -0.497 e. The van der Waals surface area contributed by atoms with Crippen molar-refractivity contribution in [3.05, 3.63) is 65.5 Å². The fourth-order valence-corrected chi connectivity index (χ4v) is 3.00. The summed E-state index contributed by atoms with van der Waals surface area (Å²) in [5.74, 6) is 0.580. The normalized spacial score (nSPS) is 17.4. The van der Waals surface area contributed by atoms with E-state index in [4.69, 9.17) is 9.47 Å². The number of carbonyl (C=O) groups is 1. The first-order valence-corrected chi connectivity index (χ1v) is 8.44. The highest BCUT2D eigenvalue weighted by molar-refractivity contribution is 5.76. The Morgan fingerprint density at radius 3 is 2.72 bits per heavy atom. The highest BCUT2D eigenvalue weighted by Gasteiger charge is 2.26. The van der Waals surface area contributed by atoms with Gasteiger partial charge in [0.05, 0.1) is 20.3 Å². The van der Waals surface area contributed by atoms with Gasteiger partial charge in [0, 0.05) is 18.5 Å². The molecule has 1 amide bonds. The summed E-state index contributed by atoms with van der Waals surface area (Å²) in [6.07, 6.45) is 0.695. The largest absolute Gasteiger partial charge is 0.497 e. The highest BCUT2D eigenvalue weighted by Crippen LogP contribution is 2.25. The lowest BCUT2D eigenvalue weighted by Crippen LogP contribution is -2.42. The summed E-state index contributed by atoms with van der Waals surface area (Å²) in [5.41, 5.74) is 1.60. The molecule has 25 heavy (non-hydrogen) atoms. The minimum atomic E-state index is -0.403. The molecule has 5 heteroatoms. The Labute approximate surface area is 147 Å². The summed E-state index contributed by atoms with van der Waals surface area (Å²) in [6, 6.07) is 14.3. The van der Waals surface area contributed by atoms with E-state index in [1.54, 1.807) is 30.2 Å². The molecule has 0 bridgehead atoms.